The van der Waals surface area contributed by atoms with Crippen molar-refractivity contribution in [1.29, 1.82) is 0 Å². The van der Waals surface area contributed by atoms with Gasteiger partial charge in [0.25, 0.3) is 5.89 Å². The van der Waals surface area contributed by atoms with Crippen LogP contribution in [-0.4, -0.2) is 21.2 Å². The van der Waals surface area contributed by atoms with Gasteiger partial charge in [-0.3, -0.25) is 0 Å². The van der Waals surface area contributed by atoms with E-state index in [9.17, 15) is 4.79 Å². The number of hydrogen-bond donors (Lipinski definition) is 0. The predicted octanol–water partition coefficient (Wildman–Crippen LogP) is 7.85. The fourth-order valence-electron chi connectivity index (χ4n) is 5.12. The lowest BCUT2D eigenvalue weighted by Crippen LogP contribution is -2.28. The van der Waals surface area contributed by atoms with Crippen LogP contribution in [0.4, 0.5) is 0 Å². The van der Waals surface area contributed by atoms with Crippen molar-refractivity contribution in [1.82, 2.24) is 15.2 Å². The smallest absolute Gasteiger partial charge is 0.339 e. The highest BCUT2D eigenvalue weighted by atomic mass is 32.1. The Bertz CT molecular complexity index is 1660. The first-order valence-electron chi connectivity index (χ1n) is 13.1. The minimum atomic E-state index is -0.408. The first-order valence-corrected chi connectivity index (χ1v) is 14.0. The summed E-state index contributed by atoms with van der Waals surface area (Å²) in [5, 5.41) is 11.1. The van der Waals surface area contributed by atoms with Crippen LogP contribution >= 0.6 is 11.3 Å². The van der Waals surface area contributed by atoms with Crippen molar-refractivity contribution in [2.24, 2.45) is 11.3 Å². The molecule has 2 aromatic carbocycles. The number of benzene rings is 2. The van der Waals surface area contributed by atoms with Crippen molar-refractivity contribution in [2.45, 2.75) is 40.2 Å². The molecule has 1 atom stereocenters. The Morgan fingerprint density at radius 3 is 2.59 bits per heavy atom. The zero-order valence-corrected chi connectivity index (χ0v) is 23.0. The van der Waals surface area contributed by atoms with Crippen LogP contribution in [0.15, 0.2) is 76.5 Å². The van der Waals surface area contributed by atoms with E-state index in [-0.39, 0.29) is 17.9 Å². The maximum atomic E-state index is 13.8. The summed E-state index contributed by atoms with van der Waals surface area (Å²) in [7, 11) is 0. The van der Waals surface area contributed by atoms with E-state index in [2.05, 4.69) is 54.6 Å². The van der Waals surface area contributed by atoms with Crippen LogP contribution in [0.3, 0.4) is 0 Å². The number of nitrogens with zero attached hydrogens (tertiary/aromatic N) is 3. The molecule has 196 valence electrons. The largest absolute Gasteiger partial charge is 0.452 e. The minimum Gasteiger partial charge on any atom is -0.452 e. The Balaban J connectivity index is 1.39. The summed E-state index contributed by atoms with van der Waals surface area (Å²) in [5.74, 6) is 0.578. The van der Waals surface area contributed by atoms with E-state index < -0.39 is 5.97 Å². The van der Waals surface area contributed by atoms with Gasteiger partial charge in [0.1, 0.15) is 0 Å². The van der Waals surface area contributed by atoms with Crippen LogP contribution in [-0.2, 0) is 17.8 Å². The van der Waals surface area contributed by atoms with Crippen molar-refractivity contribution < 1.29 is 13.9 Å². The third kappa shape index (κ3) is 5.14. The highest BCUT2D eigenvalue weighted by molar-refractivity contribution is 7.10. The third-order valence-corrected chi connectivity index (χ3v) is 8.14. The zero-order valence-electron chi connectivity index (χ0n) is 22.2. The molecular formula is C32H29N3O3S. The zero-order chi connectivity index (χ0) is 27.0. The molecule has 0 bridgehead atoms. The number of carbonyl (C=O) groups excluding carboxylic acids is 1. The molecule has 0 aliphatic heterocycles. The second-order valence-electron chi connectivity index (χ2n) is 10.9. The number of rotatable bonds is 5. The van der Waals surface area contributed by atoms with Crippen LogP contribution in [0.25, 0.3) is 34.0 Å². The summed E-state index contributed by atoms with van der Waals surface area (Å²) in [6, 6.07) is 21.5. The maximum Gasteiger partial charge on any atom is 0.339 e. The number of carbonyl (C=O) groups is 1. The summed E-state index contributed by atoms with van der Waals surface area (Å²) in [6.07, 6.45) is 3.88. The van der Waals surface area contributed by atoms with Gasteiger partial charge in [0.2, 0.25) is 5.89 Å². The van der Waals surface area contributed by atoms with E-state index in [1.807, 2.05) is 54.6 Å². The highest BCUT2D eigenvalue weighted by Crippen LogP contribution is 2.45. The molecule has 39 heavy (non-hydrogen) atoms. The maximum absolute atomic E-state index is 13.8. The second kappa shape index (κ2) is 10.2. The Morgan fingerprint density at radius 1 is 1.03 bits per heavy atom. The van der Waals surface area contributed by atoms with Crippen LogP contribution in [0.1, 0.15) is 59.6 Å². The number of pyridine rings is 1. The molecule has 0 saturated carbocycles. The fraction of sp³-hybridized carbons (Fsp3) is 0.250. The number of hydrogen-bond acceptors (Lipinski definition) is 7. The van der Waals surface area contributed by atoms with Gasteiger partial charge in [-0.15, -0.1) is 21.5 Å². The number of para-hydroxylation sites is 1. The molecule has 0 unspecified atom stereocenters. The minimum absolute atomic E-state index is 0.0522. The Kier molecular flexibility index (Phi) is 6.61. The van der Waals surface area contributed by atoms with E-state index in [0.29, 0.717) is 17.4 Å². The summed E-state index contributed by atoms with van der Waals surface area (Å²) in [6.45, 7) is 6.68. The van der Waals surface area contributed by atoms with E-state index in [0.717, 1.165) is 46.1 Å². The normalized spacial score (nSPS) is 16.4. The number of allylic oxidation sites excluding steroid dienone is 1. The van der Waals surface area contributed by atoms with E-state index in [1.165, 1.54) is 4.88 Å². The monoisotopic (exact) mass is 535 g/mol. The van der Waals surface area contributed by atoms with Crippen LogP contribution in [0.5, 0.6) is 0 Å². The van der Waals surface area contributed by atoms with Gasteiger partial charge in [-0.05, 0) is 71.0 Å². The first kappa shape index (κ1) is 25.2. The molecule has 3 heterocycles. The van der Waals surface area contributed by atoms with Crippen molar-refractivity contribution in [3.8, 4) is 11.5 Å². The molecule has 7 heteroatoms. The number of aromatic nitrogens is 3. The van der Waals surface area contributed by atoms with Gasteiger partial charge in [0.05, 0.1) is 16.8 Å². The van der Waals surface area contributed by atoms with Crippen molar-refractivity contribution in [3.63, 3.8) is 0 Å². The molecule has 0 amide bonds. The van der Waals surface area contributed by atoms with Gasteiger partial charge in [-0.2, -0.15) is 0 Å². The summed E-state index contributed by atoms with van der Waals surface area (Å²) >= 11 is 1.70. The summed E-state index contributed by atoms with van der Waals surface area (Å²) < 4.78 is 11.6. The molecular weight excluding hydrogens is 506 g/mol. The SMILES string of the molecule is CC(C)(C)[C@@H]1C/C(=C/c2cccs2)c2nc3ccccc3c(C(=O)OCc3nnc(-c4ccccc4)o3)c2C1. The predicted molar refractivity (Wildman–Crippen MR) is 154 cm³/mol. The Hall–Kier alpha value is -4.10. The molecule has 1 aliphatic carbocycles. The highest BCUT2D eigenvalue weighted by Gasteiger charge is 2.35. The van der Waals surface area contributed by atoms with Gasteiger partial charge < -0.3 is 9.15 Å². The molecule has 6 rings (SSSR count). The average Bonchev–Trinajstić information content (AvgIpc) is 3.63. The van der Waals surface area contributed by atoms with Crippen molar-refractivity contribution in [2.75, 3.05) is 0 Å². The van der Waals surface area contributed by atoms with E-state index in [4.69, 9.17) is 14.1 Å². The molecule has 5 aromatic rings. The Morgan fingerprint density at radius 2 is 1.82 bits per heavy atom. The van der Waals surface area contributed by atoms with Crippen molar-refractivity contribution >= 4 is 39.9 Å². The third-order valence-electron chi connectivity index (χ3n) is 7.32. The van der Waals surface area contributed by atoms with Crippen LogP contribution in [0, 0.1) is 11.3 Å². The standard InChI is InChI=1S/C32H29N3O3S/c1-32(2,3)22-16-21(17-23-12-9-15-39-23)29-25(18-22)28(24-13-7-8-14-26(24)33-29)31(36)37-19-27-34-35-30(38-27)20-10-5-4-6-11-20/h4-15,17,22H,16,18-19H2,1-3H3/b21-17-/t22-/m1/s1. The first-order chi connectivity index (χ1) is 18.9. The average molecular weight is 536 g/mol. The number of esters is 1. The quantitative estimate of drug-likeness (QED) is 0.213. The lowest BCUT2D eigenvalue weighted by Gasteiger charge is -2.36. The summed E-state index contributed by atoms with van der Waals surface area (Å²) in [5.41, 5.74) is 5.21. The van der Waals surface area contributed by atoms with E-state index in [1.54, 1.807) is 11.3 Å². The van der Waals surface area contributed by atoms with Gasteiger partial charge in [-0.25, -0.2) is 9.78 Å². The molecule has 0 saturated heterocycles. The summed E-state index contributed by atoms with van der Waals surface area (Å²) in [4.78, 5) is 20.1. The van der Waals surface area contributed by atoms with Gasteiger partial charge in [0, 0.05) is 15.8 Å². The fourth-order valence-corrected chi connectivity index (χ4v) is 5.80. The van der Waals surface area contributed by atoms with Gasteiger partial charge >= 0.3 is 5.97 Å². The molecule has 1 aliphatic rings. The van der Waals surface area contributed by atoms with Gasteiger partial charge in [-0.1, -0.05) is 63.2 Å². The van der Waals surface area contributed by atoms with Crippen molar-refractivity contribution in [3.05, 3.63) is 99.7 Å². The number of ether oxygens (including phenoxy) is 1. The lowest BCUT2D eigenvalue weighted by atomic mass is 9.69. The lowest BCUT2D eigenvalue weighted by molar-refractivity contribution is 0.0438. The van der Waals surface area contributed by atoms with Crippen LogP contribution < -0.4 is 0 Å². The number of fused-ring (bicyclic) bond motifs is 2. The molecule has 3 aromatic heterocycles. The number of thiophene rings is 1. The molecule has 0 N–H and O–H groups in total. The topological polar surface area (TPSA) is 78.1 Å². The Labute approximate surface area is 231 Å². The molecule has 6 nitrogen and oxygen atoms in total. The molecule has 0 spiro atoms. The van der Waals surface area contributed by atoms with Gasteiger partial charge in [0.15, 0.2) is 6.61 Å². The molecule has 0 fully saturated rings. The van der Waals surface area contributed by atoms with Crippen LogP contribution in [0.2, 0.25) is 0 Å². The molecule has 0 radical (unpaired) electrons. The second-order valence-corrected chi connectivity index (χ2v) is 11.9. The van der Waals surface area contributed by atoms with E-state index >= 15 is 0 Å².